The van der Waals surface area contributed by atoms with Crippen molar-refractivity contribution in [2.75, 3.05) is 0 Å². The third-order valence-corrected chi connectivity index (χ3v) is 4.21. The van der Waals surface area contributed by atoms with E-state index in [1.54, 1.807) is 0 Å². The summed E-state index contributed by atoms with van der Waals surface area (Å²) in [5.41, 5.74) is 4.35. The molecule has 0 N–H and O–H groups in total. The fourth-order valence-corrected chi connectivity index (χ4v) is 2.74. The van der Waals surface area contributed by atoms with Gasteiger partial charge in [0.2, 0.25) is 0 Å². The lowest BCUT2D eigenvalue weighted by Crippen LogP contribution is -1.96. The highest BCUT2D eigenvalue weighted by molar-refractivity contribution is 9.10. The average molecular weight is 380 g/mol. The van der Waals surface area contributed by atoms with Crippen LogP contribution in [0.3, 0.4) is 0 Å². The molecule has 0 heterocycles. The molecule has 24 heavy (non-hydrogen) atoms. The van der Waals surface area contributed by atoms with Gasteiger partial charge in [0.15, 0.2) is 0 Å². The Morgan fingerprint density at radius 1 is 0.958 bits per heavy atom. The van der Waals surface area contributed by atoms with Crippen LogP contribution in [-0.2, 0) is 6.61 Å². The number of hydrogen-bond acceptors (Lipinski definition) is 2. The number of aryl methyl sites for hydroxylation is 1. The van der Waals surface area contributed by atoms with Crippen LogP contribution in [0.4, 0.5) is 5.69 Å². The highest BCUT2D eigenvalue weighted by Gasteiger charge is 2.02. The first-order valence-corrected chi connectivity index (χ1v) is 8.57. The maximum absolute atomic E-state index is 5.86. The van der Waals surface area contributed by atoms with E-state index >= 15 is 0 Å². The molecule has 0 aliphatic rings. The molecule has 0 aromatic heterocycles. The van der Waals surface area contributed by atoms with Gasteiger partial charge in [0, 0.05) is 6.21 Å². The Morgan fingerprint density at radius 3 is 2.42 bits per heavy atom. The predicted octanol–water partition coefficient (Wildman–Crippen LogP) is 6.09. The minimum Gasteiger partial charge on any atom is -0.488 e. The SMILES string of the molecule is Cc1ccc(N=Cc2ccc(OCc3ccccc3)c(Br)c2)cc1. The van der Waals surface area contributed by atoms with Gasteiger partial charge in [0.1, 0.15) is 12.4 Å². The topological polar surface area (TPSA) is 21.6 Å². The summed E-state index contributed by atoms with van der Waals surface area (Å²) in [6.45, 7) is 2.62. The summed E-state index contributed by atoms with van der Waals surface area (Å²) in [5.74, 6) is 0.825. The van der Waals surface area contributed by atoms with Gasteiger partial charge in [-0.25, -0.2) is 0 Å². The molecule has 0 aliphatic heterocycles. The maximum Gasteiger partial charge on any atom is 0.134 e. The van der Waals surface area contributed by atoms with E-state index in [1.807, 2.05) is 54.7 Å². The van der Waals surface area contributed by atoms with Crippen molar-refractivity contribution in [2.24, 2.45) is 4.99 Å². The van der Waals surface area contributed by atoms with Gasteiger partial charge in [-0.05, 0) is 64.3 Å². The van der Waals surface area contributed by atoms with Crippen LogP contribution < -0.4 is 4.74 Å². The third kappa shape index (κ3) is 4.56. The fraction of sp³-hybridized carbons (Fsp3) is 0.0952. The fourth-order valence-electron chi connectivity index (χ4n) is 2.23. The van der Waals surface area contributed by atoms with Crippen LogP contribution >= 0.6 is 15.9 Å². The number of ether oxygens (including phenoxy) is 1. The lowest BCUT2D eigenvalue weighted by atomic mass is 10.2. The van der Waals surface area contributed by atoms with Crippen molar-refractivity contribution < 1.29 is 4.74 Å². The molecule has 3 heteroatoms. The number of rotatable bonds is 5. The number of aliphatic imine (C=N–C) groups is 1. The van der Waals surface area contributed by atoms with Gasteiger partial charge in [-0.3, -0.25) is 4.99 Å². The summed E-state index contributed by atoms with van der Waals surface area (Å²) >= 11 is 3.57. The molecule has 0 spiro atoms. The second-order valence-electron chi connectivity index (χ2n) is 5.56. The lowest BCUT2D eigenvalue weighted by molar-refractivity contribution is 0.304. The van der Waals surface area contributed by atoms with Gasteiger partial charge in [0.25, 0.3) is 0 Å². The van der Waals surface area contributed by atoms with Crippen molar-refractivity contribution in [2.45, 2.75) is 13.5 Å². The van der Waals surface area contributed by atoms with Crippen LogP contribution in [0.1, 0.15) is 16.7 Å². The minimum absolute atomic E-state index is 0.552. The van der Waals surface area contributed by atoms with E-state index in [-0.39, 0.29) is 0 Å². The molecule has 120 valence electrons. The van der Waals surface area contributed by atoms with E-state index in [1.165, 1.54) is 5.56 Å². The van der Waals surface area contributed by atoms with E-state index in [9.17, 15) is 0 Å². The van der Waals surface area contributed by atoms with Gasteiger partial charge in [-0.2, -0.15) is 0 Å². The summed E-state index contributed by atoms with van der Waals surface area (Å²) in [4.78, 5) is 4.50. The Balaban J connectivity index is 1.67. The quantitative estimate of drug-likeness (QED) is 0.491. The van der Waals surface area contributed by atoms with Crippen LogP contribution in [0.5, 0.6) is 5.75 Å². The molecule has 0 unspecified atom stereocenters. The second-order valence-corrected chi connectivity index (χ2v) is 6.41. The largest absolute Gasteiger partial charge is 0.488 e. The van der Waals surface area contributed by atoms with Crippen LogP contribution in [0.2, 0.25) is 0 Å². The first-order chi connectivity index (χ1) is 11.7. The van der Waals surface area contributed by atoms with E-state index in [2.05, 4.69) is 52.1 Å². The van der Waals surface area contributed by atoms with Crippen molar-refractivity contribution in [1.82, 2.24) is 0 Å². The van der Waals surface area contributed by atoms with Gasteiger partial charge in [-0.15, -0.1) is 0 Å². The standard InChI is InChI=1S/C21H18BrNO/c1-16-7-10-19(11-8-16)23-14-18-9-12-21(20(22)13-18)24-15-17-5-3-2-4-6-17/h2-14H,15H2,1H3. The lowest BCUT2D eigenvalue weighted by Gasteiger charge is -2.08. The normalized spacial score (nSPS) is 10.9. The minimum atomic E-state index is 0.552. The van der Waals surface area contributed by atoms with Crippen molar-refractivity contribution in [3.63, 3.8) is 0 Å². The molecule has 0 saturated heterocycles. The molecule has 0 fully saturated rings. The van der Waals surface area contributed by atoms with Gasteiger partial charge >= 0.3 is 0 Å². The Bertz CT molecular complexity index is 826. The van der Waals surface area contributed by atoms with Crippen LogP contribution in [-0.4, -0.2) is 6.21 Å². The molecule has 0 bridgehead atoms. The Kier molecular flexibility index (Phi) is 5.44. The Morgan fingerprint density at radius 2 is 1.71 bits per heavy atom. The van der Waals surface area contributed by atoms with Crippen LogP contribution in [0, 0.1) is 6.92 Å². The molecule has 0 radical (unpaired) electrons. The van der Waals surface area contributed by atoms with E-state index in [4.69, 9.17) is 4.74 Å². The average Bonchev–Trinajstić information content (AvgIpc) is 2.61. The summed E-state index contributed by atoms with van der Waals surface area (Å²) in [6.07, 6.45) is 1.86. The number of benzene rings is 3. The van der Waals surface area contributed by atoms with Crippen molar-refractivity contribution in [1.29, 1.82) is 0 Å². The third-order valence-electron chi connectivity index (χ3n) is 3.59. The van der Waals surface area contributed by atoms with Crippen LogP contribution in [0.25, 0.3) is 0 Å². The number of nitrogens with zero attached hydrogens (tertiary/aromatic N) is 1. The second kappa shape index (κ2) is 7.93. The van der Waals surface area contributed by atoms with Crippen LogP contribution in [0.15, 0.2) is 82.3 Å². The van der Waals surface area contributed by atoms with E-state index in [0.29, 0.717) is 6.61 Å². The van der Waals surface area contributed by atoms with Gasteiger partial charge in [-0.1, -0.05) is 48.0 Å². The Labute approximate surface area is 151 Å². The molecule has 3 aromatic carbocycles. The maximum atomic E-state index is 5.86. The predicted molar refractivity (Wildman–Crippen MR) is 103 cm³/mol. The zero-order valence-corrected chi connectivity index (χ0v) is 15.0. The monoisotopic (exact) mass is 379 g/mol. The first-order valence-electron chi connectivity index (χ1n) is 7.78. The summed E-state index contributed by atoms with van der Waals surface area (Å²) in [6, 6.07) is 24.2. The molecule has 0 amide bonds. The van der Waals surface area contributed by atoms with Crippen molar-refractivity contribution >= 4 is 27.8 Å². The number of halogens is 1. The van der Waals surface area contributed by atoms with Crippen molar-refractivity contribution in [3.05, 3.63) is 94.0 Å². The zero-order valence-electron chi connectivity index (χ0n) is 13.4. The first kappa shape index (κ1) is 16.5. The molecular formula is C21H18BrNO. The molecule has 3 aromatic rings. The molecule has 0 aliphatic carbocycles. The van der Waals surface area contributed by atoms with E-state index < -0.39 is 0 Å². The molecule has 2 nitrogen and oxygen atoms in total. The van der Waals surface area contributed by atoms with Gasteiger partial charge < -0.3 is 4.74 Å². The Hall–Kier alpha value is -2.39. The highest BCUT2D eigenvalue weighted by Crippen LogP contribution is 2.26. The van der Waals surface area contributed by atoms with E-state index in [0.717, 1.165) is 27.0 Å². The van der Waals surface area contributed by atoms with Gasteiger partial charge in [0.05, 0.1) is 10.2 Å². The smallest absolute Gasteiger partial charge is 0.134 e. The summed E-state index contributed by atoms with van der Waals surface area (Å²) in [5, 5.41) is 0. The molecule has 3 rings (SSSR count). The summed E-state index contributed by atoms with van der Waals surface area (Å²) in [7, 11) is 0. The highest BCUT2D eigenvalue weighted by atomic mass is 79.9. The summed E-state index contributed by atoms with van der Waals surface area (Å²) < 4.78 is 6.78. The number of hydrogen-bond donors (Lipinski definition) is 0. The molecular weight excluding hydrogens is 362 g/mol. The zero-order chi connectivity index (χ0) is 16.8. The molecule has 0 saturated carbocycles. The van der Waals surface area contributed by atoms with Crippen molar-refractivity contribution in [3.8, 4) is 5.75 Å². The molecule has 0 atom stereocenters.